The number of carbonyl (C=O) groups is 1. The van der Waals surface area contributed by atoms with Gasteiger partial charge in [-0.25, -0.2) is 0 Å². The number of hydrogen-bond donors (Lipinski definition) is 2. The van der Waals surface area contributed by atoms with Gasteiger partial charge in [0.05, 0.1) is 11.8 Å². The molecule has 0 spiro atoms. The van der Waals surface area contributed by atoms with E-state index in [1.54, 1.807) is 13.0 Å². The van der Waals surface area contributed by atoms with Gasteiger partial charge in [0.2, 0.25) is 0 Å². The van der Waals surface area contributed by atoms with Crippen LogP contribution in [0.2, 0.25) is 0 Å². The number of hydrogen-bond acceptors (Lipinski definition) is 3. The van der Waals surface area contributed by atoms with Crippen LogP contribution in [0.1, 0.15) is 48.0 Å². The fourth-order valence-electron chi connectivity index (χ4n) is 2.27. The van der Waals surface area contributed by atoms with Crippen LogP contribution in [0, 0.1) is 6.92 Å². The predicted molar refractivity (Wildman–Crippen MR) is 84.5 cm³/mol. The van der Waals surface area contributed by atoms with Crippen LogP contribution < -0.4 is 10.6 Å². The Balaban J connectivity index is 2.17. The maximum atomic E-state index is 12.3. The zero-order valence-electron chi connectivity index (χ0n) is 12.8. The molecule has 0 bridgehead atoms. The molecule has 0 aliphatic rings. The minimum Gasteiger partial charge on any atom is -0.469 e. The summed E-state index contributed by atoms with van der Waals surface area (Å²) in [6.45, 7) is 6.97. The molecule has 0 fully saturated rings. The first-order valence-electron chi connectivity index (χ1n) is 7.31. The Hall–Kier alpha value is -2.07. The van der Waals surface area contributed by atoms with Gasteiger partial charge in [-0.1, -0.05) is 25.1 Å². The van der Waals surface area contributed by atoms with Crippen molar-refractivity contribution in [3.8, 4) is 0 Å². The van der Waals surface area contributed by atoms with E-state index < -0.39 is 0 Å². The van der Waals surface area contributed by atoms with E-state index in [0.29, 0.717) is 11.3 Å². The molecule has 2 rings (SSSR count). The van der Waals surface area contributed by atoms with Crippen molar-refractivity contribution in [2.75, 3.05) is 11.9 Å². The van der Waals surface area contributed by atoms with Gasteiger partial charge in [-0.3, -0.25) is 4.79 Å². The van der Waals surface area contributed by atoms with E-state index in [-0.39, 0.29) is 11.9 Å². The monoisotopic (exact) mass is 286 g/mol. The number of rotatable bonds is 6. The first-order chi connectivity index (χ1) is 10.1. The number of nitrogens with one attached hydrogen (secondary N) is 2. The summed E-state index contributed by atoms with van der Waals surface area (Å²) in [5.74, 6) is 0.485. The zero-order valence-corrected chi connectivity index (χ0v) is 12.8. The third-order valence-electron chi connectivity index (χ3n) is 3.48. The van der Waals surface area contributed by atoms with Crippen molar-refractivity contribution in [2.24, 2.45) is 0 Å². The highest BCUT2D eigenvalue weighted by Gasteiger charge is 2.15. The van der Waals surface area contributed by atoms with Crippen molar-refractivity contribution in [1.29, 1.82) is 0 Å². The van der Waals surface area contributed by atoms with Crippen LogP contribution in [-0.2, 0) is 0 Å². The van der Waals surface area contributed by atoms with Gasteiger partial charge in [-0.05, 0) is 44.5 Å². The van der Waals surface area contributed by atoms with Crippen LogP contribution in [0.3, 0.4) is 0 Å². The Bertz CT molecular complexity index is 604. The molecule has 2 N–H and O–H groups in total. The Morgan fingerprint density at radius 3 is 2.71 bits per heavy atom. The lowest BCUT2D eigenvalue weighted by Crippen LogP contribution is -2.21. The molecule has 1 unspecified atom stereocenters. The first-order valence-corrected chi connectivity index (χ1v) is 7.31. The third kappa shape index (κ3) is 3.73. The topological polar surface area (TPSA) is 54.3 Å². The van der Waals surface area contributed by atoms with E-state index >= 15 is 0 Å². The van der Waals surface area contributed by atoms with E-state index in [0.717, 1.165) is 24.2 Å². The molecule has 1 aromatic heterocycles. The van der Waals surface area contributed by atoms with Gasteiger partial charge in [-0.15, -0.1) is 0 Å². The smallest absolute Gasteiger partial charge is 0.259 e. The van der Waals surface area contributed by atoms with E-state index in [9.17, 15) is 4.79 Å². The second-order valence-corrected chi connectivity index (χ2v) is 5.11. The molecule has 112 valence electrons. The van der Waals surface area contributed by atoms with Gasteiger partial charge in [0.15, 0.2) is 0 Å². The molecule has 1 atom stereocenters. The highest BCUT2D eigenvalue weighted by molar-refractivity contribution is 6.05. The summed E-state index contributed by atoms with van der Waals surface area (Å²) in [6, 6.07) is 9.74. The highest BCUT2D eigenvalue weighted by atomic mass is 16.3. The van der Waals surface area contributed by atoms with Crippen molar-refractivity contribution < 1.29 is 9.21 Å². The van der Waals surface area contributed by atoms with Crippen molar-refractivity contribution in [1.82, 2.24) is 5.32 Å². The van der Waals surface area contributed by atoms with Crippen LogP contribution in [0.5, 0.6) is 0 Å². The number of aryl methyl sites for hydroxylation is 1. The molecule has 0 radical (unpaired) electrons. The second-order valence-electron chi connectivity index (χ2n) is 5.11. The molecular formula is C17H22N2O2. The molecule has 4 nitrogen and oxygen atoms in total. The van der Waals surface area contributed by atoms with E-state index in [1.807, 2.05) is 24.3 Å². The average Bonchev–Trinajstić information content (AvgIpc) is 2.91. The van der Waals surface area contributed by atoms with Crippen molar-refractivity contribution in [2.45, 2.75) is 33.2 Å². The Morgan fingerprint density at radius 1 is 1.29 bits per heavy atom. The van der Waals surface area contributed by atoms with Crippen molar-refractivity contribution in [3.63, 3.8) is 0 Å². The van der Waals surface area contributed by atoms with Gasteiger partial charge in [0.25, 0.3) is 5.91 Å². The van der Waals surface area contributed by atoms with Crippen LogP contribution in [0.15, 0.2) is 41.0 Å². The molecule has 0 saturated carbocycles. The number of anilines is 1. The largest absolute Gasteiger partial charge is 0.469 e. The van der Waals surface area contributed by atoms with E-state index in [2.05, 4.69) is 24.5 Å². The predicted octanol–water partition coefficient (Wildman–Crippen LogP) is 3.90. The van der Waals surface area contributed by atoms with Gasteiger partial charge >= 0.3 is 0 Å². The maximum absolute atomic E-state index is 12.3. The number of carbonyl (C=O) groups excluding carboxylic acids is 1. The fourth-order valence-corrected chi connectivity index (χ4v) is 2.27. The van der Waals surface area contributed by atoms with Gasteiger partial charge < -0.3 is 15.1 Å². The minimum atomic E-state index is -0.142. The molecule has 0 saturated heterocycles. The average molecular weight is 286 g/mol. The summed E-state index contributed by atoms with van der Waals surface area (Å²) in [7, 11) is 0. The van der Waals surface area contributed by atoms with Gasteiger partial charge in [0.1, 0.15) is 5.76 Å². The Morgan fingerprint density at radius 2 is 2.05 bits per heavy atom. The number of amides is 1. The summed E-state index contributed by atoms with van der Waals surface area (Å²) in [4.78, 5) is 12.3. The first kappa shape index (κ1) is 15.3. The lowest BCUT2D eigenvalue weighted by atomic mass is 10.1. The standard InChI is InChI=1S/C17H22N2O2/c1-4-10-18-12(2)14-7-5-6-8-16(14)19-17(20)15-9-11-21-13(15)3/h5-9,11-12,18H,4,10H2,1-3H3,(H,19,20). The van der Waals surface area contributed by atoms with Crippen LogP contribution in [-0.4, -0.2) is 12.5 Å². The molecule has 21 heavy (non-hydrogen) atoms. The lowest BCUT2D eigenvalue weighted by Gasteiger charge is -2.18. The van der Waals surface area contributed by atoms with Crippen LogP contribution in [0.4, 0.5) is 5.69 Å². The van der Waals surface area contributed by atoms with E-state index in [1.165, 1.54) is 6.26 Å². The molecule has 1 heterocycles. The zero-order chi connectivity index (χ0) is 15.2. The lowest BCUT2D eigenvalue weighted by molar-refractivity contribution is 0.102. The number of para-hydroxylation sites is 1. The number of benzene rings is 1. The van der Waals surface area contributed by atoms with Crippen molar-refractivity contribution in [3.05, 3.63) is 53.5 Å². The summed E-state index contributed by atoms with van der Waals surface area (Å²) < 4.78 is 5.18. The highest BCUT2D eigenvalue weighted by Crippen LogP contribution is 2.23. The molecule has 0 aliphatic carbocycles. The fraction of sp³-hybridized carbons (Fsp3) is 0.353. The maximum Gasteiger partial charge on any atom is 0.259 e. The normalized spacial score (nSPS) is 12.1. The SMILES string of the molecule is CCCNC(C)c1ccccc1NC(=O)c1ccoc1C. The van der Waals surface area contributed by atoms with Gasteiger partial charge in [-0.2, -0.15) is 0 Å². The van der Waals surface area contributed by atoms with Crippen LogP contribution >= 0.6 is 0 Å². The number of furan rings is 1. The van der Waals surface area contributed by atoms with Crippen LogP contribution in [0.25, 0.3) is 0 Å². The second kappa shape index (κ2) is 7.09. The summed E-state index contributed by atoms with van der Waals surface area (Å²) >= 11 is 0. The Kier molecular flexibility index (Phi) is 5.17. The quantitative estimate of drug-likeness (QED) is 0.846. The van der Waals surface area contributed by atoms with Crippen molar-refractivity contribution >= 4 is 11.6 Å². The molecule has 1 amide bonds. The molecule has 1 aromatic carbocycles. The Labute approximate surface area is 125 Å². The summed E-state index contributed by atoms with van der Waals surface area (Å²) in [6.07, 6.45) is 2.61. The third-order valence-corrected chi connectivity index (χ3v) is 3.48. The summed E-state index contributed by atoms with van der Waals surface area (Å²) in [5.41, 5.74) is 2.48. The molecular weight excluding hydrogens is 264 g/mol. The van der Waals surface area contributed by atoms with E-state index in [4.69, 9.17) is 4.42 Å². The summed E-state index contributed by atoms with van der Waals surface area (Å²) in [5, 5.41) is 6.41. The molecule has 2 aromatic rings. The van der Waals surface area contributed by atoms with Gasteiger partial charge in [0, 0.05) is 11.7 Å². The molecule has 0 aliphatic heterocycles. The molecule has 4 heteroatoms. The minimum absolute atomic E-state index is 0.142.